The van der Waals surface area contributed by atoms with Crippen LogP contribution in [-0.4, -0.2) is 58.4 Å². The molecule has 0 radical (unpaired) electrons. The van der Waals surface area contributed by atoms with Gasteiger partial charge in [-0.15, -0.1) is 0 Å². The third-order valence-electron chi connectivity index (χ3n) is 4.04. The molecule has 2 unspecified atom stereocenters. The zero-order chi connectivity index (χ0) is 14.0. The van der Waals surface area contributed by atoms with Gasteiger partial charge in [0.25, 0.3) is 0 Å². The van der Waals surface area contributed by atoms with Crippen LogP contribution in [0.3, 0.4) is 0 Å². The minimum atomic E-state index is -0.890. The number of carbonyl (C=O) groups is 3. The van der Waals surface area contributed by atoms with Crippen molar-refractivity contribution in [2.45, 2.75) is 38.6 Å². The van der Waals surface area contributed by atoms with Gasteiger partial charge in [-0.1, -0.05) is 0 Å². The lowest BCUT2D eigenvalue weighted by Gasteiger charge is -2.36. The second-order valence-corrected chi connectivity index (χ2v) is 5.33. The zero-order valence-electron chi connectivity index (χ0n) is 11.2. The molecule has 19 heavy (non-hydrogen) atoms. The minimum Gasteiger partial charge on any atom is -0.481 e. The third kappa shape index (κ3) is 2.88. The molecular weight excluding hydrogens is 248 g/mol. The second-order valence-electron chi connectivity index (χ2n) is 5.33. The fraction of sp³-hybridized carbons (Fsp3) is 0.769. The number of carboxylic acid groups (broad SMARTS) is 1. The Kier molecular flexibility index (Phi) is 4.07. The maximum atomic E-state index is 12.3. The second kappa shape index (κ2) is 5.59. The Labute approximate surface area is 112 Å². The zero-order valence-corrected chi connectivity index (χ0v) is 11.2. The van der Waals surface area contributed by atoms with Gasteiger partial charge in [0.1, 0.15) is 6.04 Å². The van der Waals surface area contributed by atoms with Crippen LogP contribution < -0.4 is 0 Å². The summed E-state index contributed by atoms with van der Waals surface area (Å²) in [5.74, 6) is -1.61. The van der Waals surface area contributed by atoms with Crippen molar-refractivity contribution >= 4 is 17.8 Å². The molecular formula is C13H20N2O4. The standard InChI is InChI=1S/C13H20N2O4/c1-9(12(17)14-6-2-3-7-14)15-8-10(13(18)19)4-5-11(15)16/h9-10H,2-8H2,1H3,(H,18,19). The van der Waals surface area contributed by atoms with E-state index in [1.807, 2.05) is 0 Å². The molecule has 2 amide bonds. The molecule has 2 rings (SSSR count). The number of hydrogen-bond donors (Lipinski definition) is 1. The molecule has 6 heteroatoms. The summed E-state index contributed by atoms with van der Waals surface area (Å²) < 4.78 is 0. The largest absolute Gasteiger partial charge is 0.481 e. The average molecular weight is 268 g/mol. The predicted octanol–water partition coefficient (Wildman–Crippen LogP) is 0.320. The Balaban J connectivity index is 2.03. The van der Waals surface area contributed by atoms with E-state index < -0.39 is 17.9 Å². The molecule has 0 aliphatic carbocycles. The van der Waals surface area contributed by atoms with Crippen LogP contribution in [0.15, 0.2) is 0 Å². The summed E-state index contributed by atoms with van der Waals surface area (Å²) in [5, 5.41) is 9.04. The highest BCUT2D eigenvalue weighted by molar-refractivity contribution is 5.88. The molecule has 2 fully saturated rings. The fourth-order valence-corrected chi connectivity index (χ4v) is 2.78. The Hall–Kier alpha value is -1.59. The first-order valence-corrected chi connectivity index (χ1v) is 6.81. The summed E-state index contributed by atoms with van der Waals surface area (Å²) >= 11 is 0. The van der Waals surface area contributed by atoms with Crippen LogP contribution in [0.25, 0.3) is 0 Å². The van der Waals surface area contributed by atoms with Crippen molar-refractivity contribution in [2.75, 3.05) is 19.6 Å². The van der Waals surface area contributed by atoms with Gasteiger partial charge < -0.3 is 14.9 Å². The Bertz CT molecular complexity index is 390. The fourth-order valence-electron chi connectivity index (χ4n) is 2.78. The molecule has 0 aromatic heterocycles. The van der Waals surface area contributed by atoms with Crippen LogP contribution in [0.5, 0.6) is 0 Å². The van der Waals surface area contributed by atoms with E-state index in [9.17, 15) is 14.4 Å². The van der Waals surface area contributed by atoms with Gasteiger partial charge in [0, 0.05) is 26.1 Å². The van der Waals surface area contributed by atoms with E-state index in [0.717, 1.165) is 25.9 Å². The minimum absolute atomic E-state index is 0.0584. The number of amides is 2. The highest BCUT2D eigenvalue weighted by Crippen LogP contribution is 2.21. The molecule has 2 aliphatic rings. The van der Waals surface area contributed by atoms with E-state index in [2.05, 4.69) is 0 Å². The van der Waals surface area contributed by atoms with E-state index >= 15 is 0 Å². The molecule has 0 aromatic carbocycles. The van der Waals surface area contributed by atoms with Gasteiger partial charge in [-0.2, -0.15) is 0 Å². The number of nitrogens with zero attached hydrogens (tertiary/aromatic N) is 2. The van der Waals surface area contributed by atoms with Crippen molar-refractivity contribution in [2.24, 2.45) is 5.92 Å². The highest BCUT2D eigenvalue weighted by atomic mass is 16.4. The van der Waals surface area contributed by atoms with Gasteiger partial charge in [0.2, 0.25) is 11.8 Å². The topological polar surface area (TPSA) is 77.9 Å². The van der Waals surface area contributed by atoms with Gasteiger partial charge in [-0.25, -0.2) is 0 Å². The first-order valence-electron chi connectivity index (χ1n) is 6.81. The van der Waals surface area contributed by atoms with Crippen molar-refractivity contribution in [1.82, 2.24) is 9.80 Å². The lowest BCUT2D eigenvalue weighted by atomic mass is 9.96. The van der Waals surface area contributed by atoms with Crippen LogP contribution in [0, 0.1) is 5.92 Å². The van der Waals surface area contributed by atoms with Crippen LogP contribution in [0.4, 0.5) is 0 Å². The van der Waals surface area contributed by atoms with Crippen molar-refractivity contribution in [3.05, 3.63) is 0 Å². The number of carbonyl (C=O) groups excluding carboxylic acids is 2. The maximum Gasteiger partial charge on any atom is 0.308 e. The molecule has 1 N–H and O–H groups in total. The van der Waals surface area contributed by atoms with E-state index in [-0.39, 0.29) is 24.8 Å². The number of piperidine rings is 1. The van der Waals surface area contributed by atoms with Gasteiger partial charge >= 0.3 is 5.97 Å². The quantitative estimate of drug-likeness (QED) is 0.799. The highest BCUT2D eigenvalue weighted by Gasteiger charge is 2.36. The van der Waals surface area contributed by atoms with Crippen molar-refractivity contribution in [3.63, 3.8) is 0 Å². The van der Waals surface area contributed by atoms with Gasteiger partial charge in [-0.3, -0.25) is 14.4 Å². The van der Waals surface area contributed by atoms with E-state index in [1.54, 1.807) is 11.8 Å². The Morgan fingerprint density at radius 2 is 1.95 bits per heavy atom. The third-order valence-corrected chi connectivity index (χ3v) is 4.04. The summed E-state index contributed by atoms with van der Waals surface area (Å²) in [6.07, 6.45) is 2.60. The molecule has 0 saturated carbocycles. The SMILES string of the molecule is CC(C(=O)N1CCCC1)N1CC(C(=O)O)CCC1=O. The monoisotopic (exact) mass is 268 g/mol. The molecule has 2 heterocycles. The average Bonchev–Trinajstić information content (AvgIpc) is 2.91. The van der Waals surface area contributed by atoms with Crippen molar-refractivity contribution < 1.29 is 19.5 Å². The van der Waals surface area contributed by atoms with E-state index in [1.165, 1.54) is 4.90 Å². The number of carboxylic acids is 1. The smallest absolute Gasteiger partial charge is 0.308 e. The van der Waals surface area contributed by atoms with Crippen LogP contribution >= 0.6 is 0 Å². The molecule has 6 nitrogen and oxygen atoms in total. The van der Waals surface area contributed by atoms with Gasteiger partial charge in [0.05, 0.1) is 5.92 Å². The summed E-state index contributed by atoms with van der Waals surface area (Å²) in [7, 11) is 0. The molecule has 0 aromatic rings. The van der Waals surface area contributed by atoms with E-state index in [4.69, 9.17) is 5.11 Å². The van der Waals surface area contributed by atoms with Gasteiger partial charge in [0.15, 0.2) is 0 Å². The summed E-state index contributed by atoms with van der Waals surface area (Å²) in [5.41, 5.74) is 0. The molecule has 106 valence electrons. The summed E-state index contributed by atoms with van der Waals surface area (Å²) in [4.78, 5) is 38.4. The lowest BCUT2D eigenvalue weighted by Crippen LogP contribution is -2.53. The summed E-state index contributed by atoms with van der Waals surface area (Å²) in [6, 6.07) is -0.548. The number of aliphatic carboxylic acids is 1. The van der Waals surface area contributed by atoms with Crippen LogP contribution in [0.2, 0.25) is 0 Å². The van der Waals surface area contributed by atoms with Crippen molar-refractivity contribution in [1.29, 1.82) is 0 Å². The molecule has 2 atom stereocenters. The lowest BCUT2D eigenvalue weighted by molar-refractivity contribution is -0.153. The number of hydrogen-bond acceptors (Lipinski definition) is 3. The Morgan fingerprint density at radius 1 is 1.32 bits per heavy atom. The first kappa shape index (κ1) is 13.8. The molecule has 2 aliphatic heterocycles. The Morgan fingerprint density at radius 3 is 2.53 bits per heavy atom. The van der Waals surface area contributed by atoms with Crippen LogP contribution in [-0.2, 0) is 14.4 Å². The van der Waals surface area contributed by atoms with Crippen LogP contribution in [0.1, 0.15) is 32.6 Å². The van der Waals surface area contributed by atoms with Gasteiger partial charge in [-0.05, 0) is 26.2 Å². The molecule has 0 spiro atoms. The normalized spacial score (nSPS) is 25.5. The number of likely N-dealkylation sites (tertiary alicyclic amines) is 2. The predicted molar refractivity (Wildman–Crippen MR) is 67.3 cm³/mol. The maximum absolute atomic E-state index is 12.3. The molecule has 0 bridgehead atoms. The number of rotatable bonds is 3. The summed E-state index contributed by atoms with van der Waals surface area (Å²) in [6.45, 7) is 3.33. The molecule has 2 saturated heterocycles. The van der Waals surface area contributed by atoms with E-state index in [0.29, 0.717) is 6.42 Å². The van der Waals surface area contributed by atoms with Crippen molar-refractivity contribution in [3.8, 4) is 0 Å². The first-order chi connectivity index (χ1) is 9.00.